The van der Waals surface area contributed by atoms with Crippen molar-refractivity contribution in [1.82, 2.24) is 9.97 Å². The molecule has 0 fully saturated rings. The Labute approximate surface area is 198 Å². The highest BCUT2D eigenvalue weighted by Crippen LogP contribution is 2.20. The normalized spacial score (nSPS) is 10.5. The summed E-state index contributed by atoms with van der Waals surface area (Å²) in [6, 6.07) is 18.6. The number of hydrogen-bond donors (Lipinski definition) is 2. The molecule has 0 bridgehead atoms. The van der Waals surface area contributed by atoms with E-state index in [0.717, 1.165) is 6.07 Å². The van der Waals surface area contributed by atoms with Crippen molar-refractivity contribution < 1.29 is 23.5 Å². The Kier molecular flexibility index (Phi) is 6.79. The van der Waals surface area contributed by atoms with Crippen LogP contribution in [0.4, 0.5) is 10.1 Å². The maximum atomic E-state index is 13.2. The van der Waals surface area contributed by atoms with Crippen LogP contribution in [-0.2, 0) is 6.42 Å². The van der Waals surface area contributed by atoms with Gasteiger partial charge >= 0.3 is 5.97 Å². The number of imidazole rings is 1. The van der Waals surface area contributed by atoms with Crippen molar-refractivity contribution >= 4 is 34.9 Å². The number of para-hydroxylation sites is 1. The lowest BCUT2D eigenvalue weighted by atomic mass is 10.0. The average molecular weight is 478 g/mol. The largest absolute Gasteiger partial charge is 0.422 e. The van der Waals surface area contributed by atoms with E-state index in [2.05, 4.69) is 15.3 Å². The predicted molar refractivity (Wildman–Crippen MR) is 124 cm³/mol. The van der Waals surface area contributed by atoms with Gasteiger partial charge < -0.3 is 15.0 Å². The van der Waals surface area contributed by atoms with Gasteiger partial charge in [-0.05, 0) is 48.0 Å². The molecule has 0 saturated carbocycles. The van der Waals surface area contributed by atoms with Gasteiger partial charge in [0.15, 0.2) is 17.2 Å². The van der Waals surface area contributed by atoms with Crippen molar-refractivity contribution in [1.29, 1.82) is 0 Å². The predicted octanol–water partition coefficient (Wildman–Crippen LogP) is 5.10. The highest BCUT2D eigenvalue weighted by Gasteiger charge is 2.22. The number of amides is 1. The number of ether oxygens (including phenoxy) is 1. The van der Waals surface area contributed by atoms with Gasteiger partial charge in [0.25, 0.3) is 5.91 Å². The third-order valence-corrected chi connectivity index (χ3v) is 5.13. The van der Waals surface area contributed by atoms with Crippen LogP contribution in [0.15, 0.2) is 79.1 Å². The molecule has 170 valence electrons. The van der Waals surface area contributed by atoms with E-state index in [1.807, 2.05) is 0 Å². The molecule has 0 radical (unpaired) electrons. The summed E-state index contributed by atoms with van der Waals surface area (Å²) in [7, 11) is 0. The van der Waals surface area contributed by atoms with Crippen molar-refractivity contribution in [2.24, 2.45) is 0 Å². The van der Waals surface area contributed by atoms with Crippen LogP contribution in [0.3, 0.4) is 0 Å². The molecule has 2 N–H and O–H groups in total. The molecular formula is C25H17ClFN3O4. The number of H-pyrrole nitrogens is 1. The first-order valence-electron chi connectivity index (χ1n) is 10.1. The Morgan fingerprint density at radius 2 is 1.74 bits per heavy atom. The third kappa shape index (κ3) is 5.36. The first-order chi connectivity index (χ1) is 16.4. The number of esters is 1. The van der Waals surface area contributed by atoms with E-state index >= 15 is 0 Å². The van der Waals surface area contributed by atoms with Crippen LogP contribution in [-0.4, -0.2) is 27.6 Å². The summed E-state index contributed by atoms with van der Waals surface area (Å²) < 4.78 is 18.4. The molecule has 0 saturated heterocycles. The van der Waals surface area contributed by atoms with Gasteiger partial charge in [-0.3, -0.25) is 9.59 Å². The van der Waals surface area contributed by atoms with Gasteiger partial charge in [-0.1, -0.05) is 41.9 Å². The van der Waals surface area contributed by atoms with E-state index in [9.17, 15) is 18.8 Å². The lowest BCUT2D eigenvalue weighted by Crippen LogP contribution is -2.19. The number of carbonyl (C=O) groups is 3. The number of nitrogens with one attached hydrogen (secondary N) is 2. The summed E-state index contributed by atoms with van der Waals surface area (Å²) in [5, 5.41) is 2.70. The quantitative estimate of drug-likeness (QED) is 0.219. The molecule has 0 atom stereocenters. The average Bonchev–Trinajstić information content (AvgIpc) is 3.31. The van der Waals surface area contributed by atoms with E-state index in [1.165, 1.54) is 18.5 Å². The zero-order valence-corrected chi connectivity index (χ0v) is 18.3. The van der Waals surface area contributed by atoms with E-state index in [-0.39, 0.29) is 34.2 Å². The standard InChI is InChI=1S/C25H17ClFN3O4/c26-20-13-16(27)8-11-19(20)21(31)12-15-6-9-17(10-7-15)30-24(32)22-23(29-14-28-22)25(33)34-18-4-2-1-3-5-18/h1-11,13-14H,12H2,(H,28,29)(H,30,32). The summed E-state index contributed by atoms with van der Waals surface area (Å²) in [5.41, 5.74) is 1.14. The van der Waals surface area contributed by atoms with Crippen LogP contribution >= 0.6 is 11.6 Å². The van der Waals surface area contributed by atoms with Gasteiger partial charge in [0.2, 0.25) is 0 Å². The number of aromatic nitrogens is 2. The molecule has 1 amide bonds. The van der Waals surface area contributed by atoms with Gasteiger partial charge in [-0.25, -0.2) is 14.2 Å². The van der Waals surface area contributed by atoms with Crippen molar-refractivity contribution in [3.63, 3.8) is 0 Å². The summed E-state index contributed by atoms with van der Waals surface area (Å²) in [6.45, 7) is 0. The van der Waals surface area contributed by atoms with Crippen LogP contribution in [0.5, 0.6) is 5.75 Å². The Balaban J connectivity index is 1.40. The number of hydrogen-bond acceptors (Lipinski definition) is 5. The zero-order valence-electron chi connectivity index (χ0n) is 17.5. The van der Waals surface area contributed by atoms with E-state index < -0.39 is 17.7 Å². The number of rotatable bonds is 7. The Morgan fingerprint density at radius 3 is 2.44 bits per heavy atom. The third-order valence-electron chi connectivity index (χ3n) is 4.82. The molecule has 1 heterocycles. The number of aromatic amines is 1. The Morgan fingerprint density at radius 1 is 1.00 bits per heavy atom. The van der Waals surface area contributed by atoms with Crippen molar-refractivity contribution in [3.05, 3.63) is 112 Å². The topological polar surface area (TPSA) is 101 Å². The first-order valence-corrected chi connectivity index (χ1v) is 10.5. The lowest BCUT2D eigenvalue weighted by molar-refractivity contribution is 0.0724. The summed E-state index contributed by atoms with van der Waals surface area (Å²) in [5.74, 6) is -1.80. The van der Waals surface area contributed by atoms with E-state index in [1.54, 1.807) is 54.6 Å². The van der Waals surface area contributed by atoms with Crippen LogP contribution in [0.25, 0.3) is 0 Å². The number of halogens is 2. The number of ketones is 1. The number of Topliss-reactive ketones (excluding diaryl/α,β-unsaturated/α-hetero) is 1. The smallest absolute Gasteiger partial charge is 0.362 e. The second kappa shape index (κ2) is 10.1. The molecule has 0 aliphatic rings. The fourth-order valence-electron chi connectivity index (χ4n) is 3.16. The Hall–Kier alpha value is -4.30. The summed E-state index contributed by atoms with van der Waals surface area (Å²) in [4.78, 5) is 44.1. The maximum absolute atomic E-state index is 13.2. The molecular weight excluding hydrogens is 461 g/mol. The van der Waals surface area contributed by atoms with Crippen LogP contribution in [0, 0.1) is 5.82 Å². The molecule has 0 aliphatic heterocycles. The second-order valence-electron chi connectivity index (χ2n) is 7.20. The molecule has 0 aliphatic carbocycles. The highest BCUT2D eigenvalue weighted by atomic mass is 35.5. The minimum absolute atomic E-state index is 0.0500. The monoisotopic (exact) mass is 477 g/mol. The molecule has 4 aromatic rings. The van der Waals surface area contributed by atoms with Crippen LogP contribution < -0.4 is 10.1 Å². The number of benzene rings is 3. The maximum Gasteiger partial charge on any atom is 0.362 e. The molecule has 0 unspecified atom stereocenters. The van der Waals surface area contributed by atoms with E-state index in [0.29, 0.717) is 17.0 Å². The number of anilines is 1. The van der Waals surface area contributed by atoms with Crippen molar-refractivity contribution in [3.8, 4) is 5.75 Å². The van der Waals surface area contributed by atoms with Gasteiger partial charge in [0, 0.05) is 17.7 Å². The van der Waals surface area contributed by atoms with Crippen molar-refractivity contribution in [2.75, 3.05) is 5.32 Å². The molecule has 3 aromatic carbocycles. The van der Waals surface area contributed by atoms with Crippen molar-refractivity contribution in [2.45, 2.75) is 6.42 Å². The fraction of sp³-hybridized carbons (Fsp3) is 0.0400. The first kappa shape index (κ1) is 22.9. The minimum Gasteiger partial charge on any atom is -0.422 e. The SMILES string of the molecule is O=C(Cc1ccc(NC(=O)c2nc[nH]c2C(=O)Oc2ccccc2)cc1)c1ccc(F)cc1Cl. The van der Waals surface area contributed by atoms with Crippen LogP contribution in [0.2, 0.25) is 5.02 Å². The van der Waals surface area contributed by atoms with Gasteiger partial charge in [0.05, 0.1) is 11.3 Å². The Bertz CT molecular complexity index is 1350. The lowest BCUT2D eigenvalue weighted by Gasteiger charge is -2.08. The summed E-state index contributed by atoms with van der Waals surface area (Å²) in [6.07, 6.45) is 1.28. The number of nitrogens with zero attached hydrogens (tertiary/aromatic N) is 1. The fourth-order valence-corrected chi connectivity index (χ4v) is 3.43. The van der Waals surface area contributed by atoms with E-state index in [4.69, 9.17) is 16.3 Å². The molecule has 34 heavy (non-hydrogen) atoms. The molecule has 9 heteroatoms. The van der Waals surface area contributed by atoms with Crippen LogP contribution in [0.1, 0.15) is 36.9 Å². The minimum atomic E-state index is -0.748. The van der Waals surface area contributed by atoms with Gasteiger partial charge in [-0.2, -0.15) is 0 Å². The second-order valence-corrected chi connectivity index (χ2v) is 7.61. The molecule has 7 nitrogen and oxygen atoms in total. The molecule has 1 aromatic heterocycles. The van der Waals surface area contributed by atoms with Gasteiger partial charge in [-0.15, -0.1) is 0 Å². The highest BCUT2D eigenvalue weighted by molar-refractivity contribution is 6.34. The molecule has 0 spiro atoms. The summed E-state index contributed by atoms with van der Waals surface area (Å²) >= 11 is 5.95. The molecule has 4 rings (SSSR count). The van der Waals surface area contributed by atoms with Gasteiger partial charge in [0.1, 0.15) is 11.6 Å². The number of carbonyl (C=O) groups excluding carboxylic acids is 3. The zero-order chi connectivity index (χ0) is 24.1.